The maximum atomic E-state index is 13.5. The number of aliphatic hydroxyl groups excluding tert-OH is 1. The number of nitrogens with one attached hydrogen (secondary N) is 2. The number of hydrogen-bond acceptors (Lipinski definition) is 7. The number of aryl methyl sites for hydroxylation is 1. The van der Waals surface area contributed by atoms with Crippen LogP contribution in [0.15, 0.2) is 30.3 Å². The first kappa shape index (κ1) is 28.2. The fourth-order valence-electron chi connectivity index (χ4n) is 4.50. The lowest BCUT2D eigenvalue weighted by Crippen LogP contribution is -2.56. The van der Waals surface area contributed by atoms with Crippen LogP contribution in [0, 0.1) is 6.92 Å². The van der Waals surface area contributed by atoms with Crippen molar-refractivity contribution in [2.45, 2.75) is 50.2 Å². The van der Waals surface area contributed by atoms with Crippen molar-refractivity contribution in [2.24, 2.45) is 0 Å². The Labute approximate surface area is 223 Å². The molecule has 0 saturated carbocycles. The summed E-state index contributed by atoms with van der Waals surface area (Å²) in [7, 11) is -5.14. The van der Waals surface area contributed by atoms with Crippen LogP contribution in [0.5, 0.6) is 0 Å². The highest BCUT2D eigenvalue weighted by molar-refractivity contribution is 7.93. The van der Waals surface area contributed by atoms with E-state index in [0.29, 0.717) is 22.8 Å². The predicted molar refractivity (Wildman–Crippen MR) is 149 cm³/mol. The first-order chi connectivity index (χ1) is 17.7. The molecular weight excluding hydrogens is 532 g/mol. The van der Waals surface area contributed by atoms with Crippen molar-refractivity contribution in [2.75, 3.05) is 52.6 Å². The number of carbonyl (C=O) groups is 1. The minimum absolute atomic E-state index is 0.250. The molecule has 1 amide bonds. The van der Waals surface area contributed by atoms with E-state index in [1.54, 1.807) is 31.2 Å². The summed E-state index contributed by atoms with van der Waals surface area (Å²) in [6.45, 7) is 8.02. The molecular formula is C25H35F2N5O4SSi. The van der Waals surface area contributed by atoms with Gasteiger partial charge in [0, 0.05) is 13.1 Å². The minimum atomic E-state index is -3.81. The number of hydrogen-bond donors (Lipinski definition) is 3. The smallest absolute Gasteiger partial charge is 0.282 e. The van der Waals surface area contributed by atoms with Gasteiger partial charge < -0.3 is 20.2 Å². The Bertz CT molecular complexity index is 1310. The fraction of sp³-hybridized carbons (Fsp3) is 0.520. The van der Waals surface area contributed by atoms with Gasteiger partial charge in [-0.25, -0.2) is 22.2 Å². The van der Waals surface area contributed by atoms with Gasteiger partial charge in [-0.15, -0.1) is 0 Å². The minimum Gasteiger partial charge on any atom is -0.395 e. The Hall–Kier alpha value is -2.77. The average Bonchev–Trinajstić information content (AvgIpc) is 2.81. The largest absolute Gasteiger partial charge is 0.395 e. The van der Waals surface area contributed by atoms with Crippen LogP contribution in [0.4, 0.5) is 31.8 Å². The molecule has 4 rings (SSSR count). The number of sulfonamides is 1. The molecule has 2 aliphatic heterocycles. The van der Waals surface area contributed by atoms with E-state index in [-0.39, 0.29) is 5.82 Å². The Morgan fingerprint density at radius 3 is 2.42 bits per heavy atom. The first-order valence-electron chi connectivity index (χ1n) is 12.6. The molecule has 1 aromatic carbocycles. The number of aromatic nitrogens is 1. The molecule has 1 atom stereocenters. The lowest BCUT2D eigenvalue weighted by atomic mass is 10.1. The molecule has 2 aromatic rings. The predicted octanol–water partition coefficient (Wildman–Crippen LogP) is 3.75. The standard InChI is InChI=1S/C25H35F2N5O4SSi/c1-17-11-22(28-23(12-17)32-15-25(26,27)16-32)29-24(34)20-6-5-19(30-37(35,36)18(2)14-33)13-21(20)31-7-9-38(3,4)10-8-31/h5-6,11-13,18,30,33H,7-10,14-16H2,1-4H3,(H,28,29,34). The summed E-state index contributed by atoms with van der Waals surface area (Å²) in [4.78, 5) is 21.4. The molecule has 1 aromatic heterocycles. The molecule has 3 N–H and O–H groups in total. The molecule has 0 bridgehead atoms. The molecule has 9 nitrogen and oxygen atoms in total. The van der Waals surface area contributed by atoms with Crippen LogP contribution in [-0.2, 0) is 10.0 Å². The highest BCUT2D eigenvalue weighted by atomic mass is 32.2. The van der Waals surface area contributed by atoms with Crippen molar-refractivity contribution < 1.29 is 27.1 Å². The average molecular weight is 568 g/mol. The van der Waals surface area contributed by atoms with E-state index in [2.05, 4.69) is 33.0 Å². The van der Waals surface area contributed by atoms with Gasteiger partial charge in [0.25, 0.3) is 11.8 Å². The Morgan fingerprint density at radius 2 is 1.82 bits per heavy atom. The van der Waals surface area contributed by atoms with Gasteiger partial charge in [0.1, 0.15) is 16.9 Å². The summed E-state index contributed by atoms with van der Waals surface area (Å²) in [5.74, 6) is -2.55. The lowest BCUT2D eigenvalue weighted by Gasteiger charge is -2.39. The van der Waals surface area contributed by atoms with E-state index < -0.39 is 54.9 Å². The van der Waals surface area contributed by atoms with E-state index in [1.165, 1.54) is 17.9 Å². The van der Waals surface area contributed by atoms with Crippen LogP contribution in [0.25, 0.3) is 0 Å². The molecule has 38 heavy (non-hydrogen) atoms. The monoisotopic (exact) mass is 567 g/mol. The number of aliphatic hydroxyl groups is 1. The SMILES string of the molecule is Cc1cc(NC(=O)c2ccc(NS(=O)(=O)C(C)CO)cc2N2CC[Si](C)(C)CC2)nc(N2CC(F)(F)C2)c1. The first-order valence-corrected chi connectivity index (χ1v) is 17.6. The van der Waals surface area contributed by atoms with Gasteiger partial charge in [0.15, 0.2) is 0 Å². The van der Waals surface area contributed by atoms with Crippen molar-refractivity contribution in [3.05, 3.63) is 41.5 Å². The summed E-state index contributed by atoms with van der Waals surface area (Å²) >= 11 is 0. The second-order valence-corrected chi connectivity index (χ2v) is 18.5. The number of pyridine rings is 1. The van der Waals surface area contributed by atoms with Gasteiger partial charge in [-0.1, -0.05) is 13.1 Å². The number of benzene rings is 1. The van der Waals surface area contributed by atoms with Crippen LogP contribution in [0.2, 0.25) is 25.2 Å². The van der Waals surface area contributed by atoms with Gasteiger partial charge in [-0.3, -0.25) is 9.52 Å². The number of nitrogens with zero attached hydrogens (tertiary/aromatic N) is 3. The molecule has 1 unspecified atom stereocenters. The van der Waals surface area contributed by atoms with Gasteiger partial charge >= 0.3 is 0 Å². The van der Waals surface area contributed by atoms with Crippen molar-refractivity contribution >= 4 is 47.0 Å². The molecule has 0 radical (unpaired) electrons. The van der Waals surface area contributed by atoms with Crippen molar-refractivity contribution in [3.8, 4) is 0 Å². The van der Waals surface area contributed by atoms with Crippen LogP contribution in [0.3, 0.4) is 0 Å². The Kier molecular flexibility index (Phi) is 7.74. The number of amides is 1. The normalized spacial score (nSPS) is 19.4. The molecule has 0 aliphatic carbocycles. The second kappa shape index (κ2) is 10.4. The lowest BCUT2D eigenvalue weighted by molar-refractivity contribution is -0.0267. The third-order valence-electron chi connectivity index (χ3n) is 7.11. The summed E-state index contributed by atoms with van der Waals surface area (Å²) in [6.07, 6.45) is 0. The Morgan fingerprint density at radius 1 is 1.16 bits per heavy atom. The molecule has 2 aliphatic rings. The van der Waals surface area contributed by atoms with E-state index >= 15 is 0 Å². The summed E-state index contributed by atoms with van der Waals surface area (Å²) in [5, 5.41) is 11.1. The highest BCUT2D eigenvalue weighted by Gasteiger charge is 2.44. The van der Waals surface area contributed by atoms with Crippen LogP contribution < -0.4 is 19.8 Å². The summed E-state index contributed by atoms with van der Waals surface area (Å²) in [5.41, 5.74) is 2.02. The van der Waals surface area contributed by atoms with Gasteiger partial charge in [0.2, 0.25) is 10.0 Å². The molecule has 0 spiro atoms. The number of rotatable bonds is 8. The number of anilines is 4. The van der Waals surface area contributed by atoms with E-state index in [0.717, 1.165) is 30.7 Å². The van der Waals surface area contributed by atoms with Crippen LogP contribution >= 0.6 is 0 Å². The van der Waals surface area contributed by atoms with Crippen LogP contribution in [0.1, 0.15) is 22.8 Å². The van der Waals surface area contributed by atoms with Crippen LogP contribution in [-0.4, -0.2) is 76.4 Å². The van der Waals surface area contributed by atoms with Gasteiger partial charge in [0.05, 0.1) is 44.7 Å². The highest BCUT2D eigenvalue weighted by Crippen LogP contribution is 2.34. The quantitative estimate of drug-likeness (QED) is 0.416. The van der Waals surface area contributed by atoms with Crippen molar-refractivity contribution in [1.29, 1.82) is 0 Å². The van der Waals surface area contributed by atoms with Gasteiger partial charge in [-0.2, -0.15) is 0 Å². The second-order valence-electron chi connectivity index (χ2n) is 11.1. The van der Waals surface area contributed by atoms with E-state index in [9.17, 15) is 27.1 Å². The zero-order chi connectivity index (χ0) is 27.9. The number of halogens is 2. The fourth-order valence-corrected chi connectivity index (χ4v) is 7.35. The Balaban J connectivity index is 1.62. The topological polar surface area (TPSA) is 115 Å². The number of alkyl halides is 2. The molecule has 13 heteroatoms. The van der Waals surface area contributed by atoms with E-state index in [1.807, 2.05) is 0 Å². The molecule has 2 saturated heterocycles. The maximum Gasteiger partial charge on any atom is 0.282 e. The summed E-state index contributed by atoms with van der Waals surface area (Å²) < 4.78 is 54.3. The van der Waals surface area contributed by atoms with Gasteiger partial charge in [-0.05, 0) is 61.8 Å². The third kappa shape index (κ3) is 6.44. The molecule has 3 heterocycles. The summed E-state index contributed by atoms with van der Waals surface area (Å²) in [6, 6.07) is 10.2. The zero-order valence-corrected chi connectivity index (χ0v) is 23.9. The molecule has 208 valence electrons. The van der Waals surface area contributed by atoms with E-state index in [4.69, 9.17) is 0 Å². The molecule has 2 fully saturated rings. The zero-order valence-electron chi connectivity index (χ0n) is 22.1. The third-order valence-corrected chi connectivity index (χ3v) is 12.0. The maximum absolute atomic E-state index is 13.5. The number of carbonyl (C=O) groups excluding carboxylic acids is 1. The van der Waals surface area contributed by atoms with Crippen molar-refractivity contribution in [1.82, 2.24) is 4.98 Å². The van der Waals surface area contributed by atoms with Crippen molar-refractivity contribution in [3.63, 3.8) is 0 Å².